The lowest BCUT2D eigenvalue weighted by Crippen LogP contribution is -2.32. The summed E-state index contributed by atoms with van der Waals surface area (Å²) in [6.45, 7) is 19.0. The third-order valence-corrected chi connectivity index (χ3v) is 6.21. The van der Waals surface area contributed by atoms with Crippen LogP contribution in [0.15, 0.2) is 78.9 Å². The van der Waals surface area contributed by atoms with Crippen LogP contribution in [0.5, 0.6) is 0 Å². The Morgan fingerprint density at radius 3 is 2.36 bits per heavy atom. The molecule has 0 radical (unpaired) electrons. The second-order valence-electron chi connectivity index (χ2n) is 8.26. The fourth-order valence-corrected chi connectivity index (χ4v) is 4.88. The van der Waals surface area contributed by atoms with Crippen LogP contribution in [0, 0.1) is 0 Å². The molecule has 0 spiro atoms. The van der Waals surface area contributed by atoms with Crippen molar-refractivity contribution in [2.45, 2.75) is 67.7 Å². The topological polar surface area (TPSA) is 0 Å². The fraction of sp³-hybridized carbons (Fsp3) is 0.278. The van der Waals surface area contributed by atoms with Crippen molar-refractivity contribution >= 4 is 35.1 Å². The Bertz CT molecular complexity index is 1370. The van der Waals surface area contributed by atoms with E-state index in [0.717, 1.165) is 24.5 Å². The van der Waals surface area contributed by atoms with Crippen molar-refractivity contribution in [3.05, 3.63) is 106 Å². The van der Waals surface area contributed by atoms with Crippen molar-refractivity contribution < 1.29 is 0 Å². The van der Waals surface area contributed by atoms with Gasteiger partial charge < -0.3 is 0 Å². The van der Waals surface area contributed by atoms with Gasteiger partial charge in [0.25, 0.3) is 0 Å². The molecule has 3 aromatic carbocycles. The van der Waals surface area contributed by atoms with Crippen LogP contribution in [-0.2, 0) is 6.42 Å². The number of allylic oxidation sites excluding steroid dienone is 7. The molecule has 188 valence electrons. The maximum absolute atomic E-state index is 4.66. The first-order chi connectivity index (χ1) is 17.7. The van der Waals surface area contributed by atoms with Crippen molar-refractivity contribution in [1.29, 1.82) is 0 Å². The molecule has 36 heavy (non-hydrogen) atoms. The lowest BCUT2D eigenvalue weighted by Gasteiger charge is -2.23. The summed E-state index contributed by atoms with van der Waals surface area (Å²) in [5.74, 6) is 0. The van der Waals surface area contributed by atoms with Gasteiger partial charge in [0.15, 0.2) is 0 Å². The SMILES string of the molecule is C=c1c(C(/C=C\C)=C/CC)c2c(c(-c3cccc4ccccc34)/c1=C/C=C\C)CCC=C2.CC.CC. The third-order valence-electron chi connectivity index (χ3n) is 6.21. The summed E-state index contributed by atoms with van der Waals surface area (Å²) in [5, 5.41) is 4.91. The zero-order valence-electron chi connectivity index (χ0n) is 23.5. The van der Waals surface area contributed by atoms with Crippen LogP contribution in [-0.4, -0.2) is 0 Å². The Hall–Kier alpha value is -3.38. The van der Waals surface area contributed by atoms with Gasteiger partial charge in [0.2, 0.25) is 0 Å². The van der Waals surface area contributed by atoms with Crippen LogP contribution in [0.4, 0.5) is 0 Å². The largest absolute Gasteiger partial charge is 0.0905 e. The van der Waals surface area contributed by atoms with Gasteiger partial charge in [-0.25, -0.2) is 0 Å². The predicted molar refractivity (Wildman–Crippen MR) is 167 cm³/mol. The van der Waals surface area contributed by atoms with E-state index in [-0.39, 0.29) is 0 Å². The average Bonchev–Trinajstić information content (AvgIpc) is 2.94. The molecule has 0 fully saturated rings. The lowest BCUT2D eigenvalue weighted by molar-refractivity contribution is 0.982. The van der Waals surface area contributed by atoms with Crippen molar-refractivity contribution in [1.82, 2.24) is 0 Å². The number of rotatable bonds is 5. The van der Waals surface area contributed by atoms with E-state index in [1.807, 2.05) is 27.7 Å². The van der Waals surface area contributed by atoms with Gasteiger partial charge >= 0.3 is 0 Å². The van der Waals surface area contributed by atoms with Crippen LogP contribution < -0.4 is 10.4 Å². The summed E-state index contributed by atoms with van der Waals surface area (Å²) in [5.41, 5.74) is 7.95. The third kappa shape index (κ3) is 6.05. The van der Waals surface area contributed by atoms with E-state index in [0.29, 0.717) is 0 Å². The van der Waals surface area contributed by atoms with Crippen molar-refractivity contribution in [2.24, 2.45) is 0 Å². The van der Waals surface area contributed by atoms with Gasteiger partial charge in [-0.2, -0.15) is 0 Å². The molecule has 0 amide bonds. The Morgan fingerprint density at radius 1 is 0.944 bits per heavy atom. The molecule has 0 heterocycles. The molecule has 0 saturated carbocycles. The maximum atomic E-state index is 4.66. The van der Waals surface area contributed by atoms with E-state index in [4.69, 9.17) is 0 Å². The van der Waals surface area contributed by atoms with E-state index in [1.54, 1.807) is 0 Å². The predicted octanol–water partition coefficient (Wildman–Crippen LogP) is 9.65. The zero-order valence-corrected chi connectivity index (χ0v) is 23.5. The minimum atomic E-state index is 0.997. The maximum Gasteiger partial charge on any atom is -0.00390 e. The van der Waals surface area contributed by atoms with Gasteiger partial charge in [0.1, 0.15) is 0 Å². The highest BCUT2D eigenvalue weighted by Gasteiger charge is 2.20. The van der Waals surface area contributed by atoms with E-state index in [1.165, 1.54) is 49.4 Å². The number of benzene rings is 3. The van der Waals surface area contributed by atoms with Gasteiger partial charge in [-0.3, -0.25) is 0 Å². The van der Waals surface area contributed by atoms with Crippen LogP contribution in [0.2, 0.25) is 0 Å². The standard InChI is InChI=1S/C32H32.2C2H6/c1-5-8-18-26-23(4)31(25(14-6-2)15-7-3)29-20-11-12-21-30(29)32(26)28-22-13-17-24-16-9-10-19-27(24)28;2*1-2/h5-6,8-11,13-20,22H,4,7,12,21H2,1-3H3;2*1-2H3/b8-5-,14-6-,25-15+,26-18+;;. The van der Waals surface area contributed by atoms with E-state index < -0.39 is 0 Å². The molecule has 1 aliphatic carbocycles. The first kappa shape index (κ1) is 28.9. The molecular formula is C36H44. The molecular weight excluding hydrogens is 432 g/mol. The summed E-state index contributed by atoms with van der Waals surface area (Å²) < 4.78 is 0. The molecule has 0 heteroatoms. The van der Waals surface area contributed by atoms with E-state index in [2.05, 4.69) is 118 Å². The van der Waals surface area contributed by atoms with Gasteiger partial charge in [-0.15, -0.1) is 0 Å². The van der Waals surface area contributed by atoms with Crippen molar-refractivity contribution in [3.8, 4) is 11.1 Å². The highest BCUT2D eigenvalue weighted by molar-refractivity contribution is 5.99. The molecule has 0 atom stereocenters. The lowest BCUT2D eigenvalue weighted by atomic mass is 9.80. The Labute approximate surface area is 219 Å². The fourth-order valence-electron chi connectivity index (χ4n) is 4.88. The molecule has 3 aromatic rings. The Morgan fingerprint density at radius 2 is 1.67 bits per heavy atom. The molecule has 4 rings (SSSR count). The average molecular weight is 477 g/mol. The number of hydrogen-bond donors (Lipinski definition) is 0. The van der Waals surface area contributed by atoms with Crippen molar-refractivity contribution in [3.63, 3.8) is 0 Å². The first-order valence-electron chi connectivity index (χ1n) is 13.7. The monoisotopic (exact) mass is 476 g/mol. The van der Waals surface area contributed by atoms with Crippen LogP contribution in [0.3, 0.4) is 0 Å². The second-order valence-corrected chi connectivity index (χ2v) is 8.26. The summed E-state index contributed by atoms with van der Waals surface area (Å²) in [6, 6.07) is 15.4. The molecule has 0 aliphatic heterocycles. The Kier molecular flexibility index (Phi) is 11.9. The molecule has 0 unspecified atom stereocenters. The van der Waals surface area contributed by atoms with Crippen LogP contribution in [0.1, 0.15) is 78.0 Å². The number of hydrogen-bond acceptors (Lipinski definition) is 0. The molecule has 0 saturated heterocycles. The van der Waals surface area contributed by atoms with E-state index >= 15 is 0 Å². The molecule has 0 bridgehead atoms. The van der Waals surface area contributed by atoms with Crippen LogP contribution >= 0.6 is 0 Å². The molecule has 0 nitrogen and oxygen atoms in total. The number of fused-ring (bicyclic) bond motifs is 2. The van der Waals surface area contributed by atoms with E-state index in [9.17, 15) is 0 Å². The summed E-state index contributed by atoms with van der Waals surface area (Å²) in [6.07, 6.45) is 20.9. The highest BCUT2D eigenvalue weighted by Crippen LogP contribution is 2.35. The summed E-state index contributed by atoms with van der Waals surface area (Å²) in [4.78, 5) is 0. The van der Waals surface area contributed by atoms with Gasteiger partial charge in [-0.05, 0) is 87.7 Å². The summed E-state index contributed by atoms with van der Waals surface area (Å²) >= 11 is 0. The van der Waals surface area contributed by atoms with Crippen molar-refractivity contribution in [2.75, 3.05) is 0 Å². The van der Waals surface area contributed by atoms with Gasteiger partial charge in [0, 0.05) is 0 Å². The smallest absolute Gasteiger partial charge is 0.00390 e. The quantitative estimate of drug-likeness (QED) is 0.321. The summed E-state index contributed by atoms with van der Waals surface area (Å²) in [7, 11) is 0. The minimum absolute atomic E-state index is 0.997. The second kappa shape index (κ2) is 14.9. The van der Waals surface area contributed by atoms with Gasteiger partial charge in [-0.1, -0.05) is 132 Å². The first-order valence-corrected chi connectivity index (χ1v) is 13.7. The zero-order chi connectivity index (χ0) is 26.5. The molecule has 0 aromatic heterocycles. The van der Waals surface area contributed by atoms with Gasteiger partial charge in [0.05, 0.1) is 0 Å². The highest BCUT2D eigenvalue weighted by atomic mass is 14.2. The molecule has 1 aliphatic rings. The minimum Gasteiger partial charge on any atom is -0.0905 e. The normalized spacial score (nSPS) is 13.4. The molecule has 0 N–H and O–H groups in total. The Balaban J connectivity index is 0.00000109. The van der Waals surface area contributed by atoms with Crippen LogP contribution in [0.25, 0.3) is 46.2 Å².